The molecule has 0 aromatic heterocycles. The van der Waals surface area contributed by atoms with Crippen LogP contribution in [0.4, 0.5) is 0 Å². The highest BCUT2D eigenvalue weighted by Crippen LogP contribution is 2.24. The zero-order chi connectivity index (χ0) is 13.5. The number of nitrogens with one attached hydrogen (secondary N) is 1. The van der Waals surface area contributed by atoms with E-state index < -0.39 is 10.4 Å². The Morgan fingerprint density at radius 1 is 1.32 bits per heavy atom. The third-order valence-corrected chi connectivity index (χ3v) is 4.04. The molecule has 1 fully saturated rings. The SMILES string of the molecule is O=S(=O)(O)Oc1cccc2c1=CNC1CCCCC=21. The van der Waals surface area contributed by atoms with E-state index in [4.69, 9.17) is 4.55 Å². The molecule has 3 rings (SSSR count). The molecule has 6 heteroatoms. The molecule has 1 atom stereocenters. The fourth-order valence-corrected chi connectivity index (χ4v) is 3.23. The average Bonchev–Trinajstić information content (AvgIpc) is 2.37. The van der Waals surface area contributed by atoms with Gasteiger partial charge in [0.25, 0.3) is 0 Å². The van der Waals surface area contributed by atoms with E-state index in [1.54, 1.807) is 12.3 Å². The van der Waals surface area contributed by atoms with Crippen LogP contribution >= 0.6 is 0 Å². The first-order chi connectivity index (χ1) is 9.04. The van der Waals surface area contributed by atoms with Gasteiger partial charge in [0.2, 0.25) is 0 Å². The van der Waals surface area contributed by atoms with E-state index in [1.807, 2.05) is 6.07 Å². The van der Waals surface area contributed by atoms with Crippen LogP contribution < -0.4 is 19.9 Å². The minimum absolute atomic E-state index is 0.157. The second-order valence-electron chi connectivity index (χ2n) is 4.86. The quantitative estimate of drug-likeness (QED) is 0.763. The van der Waals surface area contributed by atoms with Gasteiger partial charge in [-0.2, -0.15) is 8.42 Å². The Balaban J connectivity index is 2.19. The van der Waals surface area contributed by atoms with Crippen LogP contribution in [0.3, 0.4) is 0 Å². The van der Waals surface area contributed by atoms with Crippen molar-refractivity contribution in [3.05, 3.63) is 28.6 Å². The predicted molar refractivity (Wildman–Crippen MR) is 71.1 cm³/mol. The zero-order valence-electron chi connectivity index (χ0n) is 10.3. The number of fused-ring (bicyclic) bond motifs is 2. The molecule has 102 valence electrons. The van der Waals surface area contributed by atoms with Crippen LogP contribution in [-0.4, -0.2) is 19.0 Å². The van der Waals surface area contributed by atoms with Gasteiger partial charge in [-0.1, -0.05) is 18.6 Å². The number of rotatable bonds is 2. The van der Waals surface area contributed by atoms with Crippen LogP contribution in [0.1, 0.15) is 25.7 Å². The molecule has 1 unspecified atom stereocenters. The van der Waals surface area contributed by atoms with Gasteiger partial charge in [0, 0.05) is 17.5 Å². The molecule has 0 saturated heterocycles. The minimum Gasteiger partial charge on any atom is -0.384 e. The van der Waals surface area contributed by atoms with E-state index in [1.165, 1.54) is 18.1 Å². The molecule has 2 N–H and O–H groups in total. The van der Waals surface area contributed by atoms with Gasteiger partial charge in [0.05, 0.1) is 0 Å². The van der Waals surface area contributed by atoms with E-state index in [2.05, 4.69) is 9.50 Å². The van der Waals surface area contributed by atoms with Gasteiger partial charge in [0.1, 0.15) is 0 Å². The molecule has 5 nitrogen and oxygen atoms in total. The van der Waals surface area contributed by atoms with E-state index in [9.17, 15) is 8.42 Å². The fraction of sp³-hybridized carbons (Fsp3) is 0.385. The van der Waals surface area contributed by atoms with Gasteiger partial charge in [-0.05, 0) is 36.1 Å². The van der Waals surface area contributed by atoms with Crippen molar-refractivity contribution in [3.8, 4) is 5.75 Å². The smallest absolute Gasteiger partial charge is 0.384 e. The Morgan fingerprint density at radius 3 is 2.95 bits per heavy atom. The van der Waals surface area contributed by atoms with Gasteiger partial charge in [-0.15, -0.1) is 0 Å². The van der Waals surface area contributed by atoms with Crippen LogP contribution in [0.25, 0.3) is 11.8 Å². The molecule has 1 saturated carbocycles. The van der Waals surface area contributed by atoms with Crippen molar-refractivity contribution < 1.29 is 17.2 Å². The van der Waals surface area contributed by atoms with Crippen LogP contribution in [0.5, 0.6) is 5.75 Å². The Morgan fingerprint density at radius 2 is 2.16 bits per heavy atom. The molecular formula is C13H15NO4S. The Hall–Kier alpha value is -1.53. The molecule has 1 aromatic rings. The summed E-state index contributed by atoms with van der Waals surface area (Å²) in [6.45, 7) is 0. The lowest BCUT2D eigenvalue weighted by Gasteiger charge is -2.28. The van der Waals surface area contributed by atoms with Crippen LogP contribution in [0.2, 0.25) is 0 Å². The first-order valence-corrected chi connectivity index (χ1v) is 7.66. The van der Waals surface area contributed by atoms with Gasteiger partial charge in [-0.25, -0.2) is 0 Å². The maximum absolute atomic E-state index is 10.9. The maximum atomic E-state index is 10.9. The van der Waals surface area contributed by atoms with E-state index in [0.717, 1.165) is 24.5 Å². The lowest BCUT2D eigenvalue weighted by atomic mass is 9.86. The molecule has 0 radical (unpaired) electrons. The summed E-state index contributed by atoms with van der Waals surface area (Å²) in [5, 5.41) is 4.99. The summed E-state index contributed by atoms with van der Waals surface area (Å²) in [5.74, 6) is 0.157. The van der Waals surface area contributed by atoms with Crippen molar-refractivity contribution in [2.24, 2.45) is 0 Å². The summed E-state index contributed by atoms with van der Waals surface area (Å²) >= 11 is 0. The third-order valence-electron chi connectivity index (χ3n) is 3.65. The van der Waals surface area contributed by atoms with Gasteiger partial charge in [-0.3, -0.25) is 4.55 Å². The highest BCUT2D eigenvalue weighted by molar-refractivity contribution is 7.81. The van der Waals surface area contributed by atoms with Crippen LogP contribution in [-0.2, 0) is 10.4 Å². The van der Waals surface area contributed by atoms with Crippen molar-refractivity contribution in [3.63, 3.8) is 0 Å². The third kappa shape index (κ3) is 2.46. The lowest BCUT2D eigenvalue weighted by Crippen LogP contribution is -2.44. The van der Waals surface area contributed by atoms with Crippen LogP contribution in [0.15, 0.2) is 18.2 Å². The predicted octanol–water partition coefficient (Wildman–Crippen LogP) is 0.303. The summed E-state index contributed by atoms with van der Waals surface area (Å²) in [6.07, 6.45) is 6.22. The fourth-order valence-electron chi connectivity index (χ4n) is 2.86. The topological polar surface area (TPSA) is 75.6 Å². The summed E-state index contributed by atoms with van der Waals surface area (Å²) in [7, 11) is -4.50. The van der Waals surface area contributed by atoms with Gasteiger partial charge in [0.15, 0.2) is 5.75 Å². The number of hydrogen-bond donors (Lipinski definition) is 2. The lowest BCUT2D eigenvalue weighted by molar-refractivity contribution is 0.385. The summed E-state index contributed by atoms with van der Waals surface area (Å²) in [6, 6.07) is 5.59. The Bertz CT molecular complexity index is 724. The van der Waals surface area contributed by atoms with Crippen molar-refractivity contribution in [1.82, 2.24) is 5.32 Å². The van der Waals surface area contributed by atoms with Crippen molar-refractivity contribution in [1.29, 1.82) is 0 Å². The molecule has 19 heavy (non-hydrogen) atoms. The molecule has 1 aliphatic heterocycles. The molecule has 0 bridgehead atoms. The minimum atomic E-state index is -4.50. The van der Waals surface area contributed by atoms with E-state index in [-0.39, 0.29) is 5.75 Å². The zero-order valence-corrected chi connectivity index (χ0v) is 11.1. The van der Waals surface area contributed by atoms with Gasteiger partial charge >= 0.3 is 10.4 Å². The highest BCUT2D eigenvalue weighted by Gasteiger charge is 2.22. The van der Waals surface area contributed by atoms with E-state index >= 15 is 0 Å². The van der Waals surface area contributed by atoms with Crippen molar-refractivity contribution in [2.45, 2.75) is 31.7 Å². The molecule has 1 heterocycles. The normalized spacial score (nSPS) is 21.7. The van der Waals surface area contributed by atoms with Gasteiger partial charge < -0.3 is 9.50 Å². The first-order valence-electron chi connectivity index (χ1n) is 6.30. The summed E-state index contributed by atoms with van der Waals surface area (Å²) in [4.78, 5) is 0. The van der Waals surface area contributed by atoms with Crippen LogP contribution in [0, 0.1) is 0 Å². The molecule has 0 spiro atoms. The first kappa shape index (κ1) is 12.5. The second-order valence-corrected chi connectivity index (χ2v) is 5.89. The molecular weight excluding hydrogens is 266 g/mol. The largest absolute Gasteiger partial charge is 0.446 e. The molecule has 1 aliphatic carbocycles. The highest BCUT2D eigenvalue weighted by atomic mass is 32.3. The Kier molecular flexibility index (Phi) is 2.99. The molecule has 2 aliphatic rings. The number of hydrogen-bond acceptors (Lipinski definition) is 4. The molecule has 0 amide bonds. The number of benzene rings is 1. The van der Waals surface area contributed by atoms with Crippen molar-refractivity contribution >= 4 is 22.2 Å². The standard InChI is InChI=1S/C13H15NO4S/c15-19(16,17)18-13-7-3-5-9-10-4-1-2-6-12(10)14-8-11(9)13/h3,5,7-8,12,14H,1-2,4,6H2,(H,15,16,17). The second kappa shape index (κ2) is 4.54. The van der Waals surface area contributed by atoms with E-state index in [0.29, 0.717) is 11.3 Å². The monoisotopic (exact) mass is 281 g/mol. The maximum Gasteiger partial charge on any atom is 0.446 e. The average molecular weight is 281 g/mol. The summed E-state index contributed by atoms with van der Waals surface area (Å²) in [5.41, 5.74) is 1.30. The molecule has 1 aromatic carbocycles. The Labute approximate surface area is 111 Å². The summed E-state index contributed by atoms with van der Waals surface area (Å²) < 4.78 is 35.2. The van der Waals surface area contributed by atoms with Crippen molar-refractivity contribution in [2.75, 3.05) is 0 Å².